The molecule has 0 saturated carbocycles. The Morgan fingerprint density at radius 3 is 2.04 bits per heavy atom. The molecule has 138 valence electrons. The highest BCUT2D eigenvalue weighted by molar-refractivity contribution is 9.12. The molecule has 0 spiro atoms. The maximum Gasteiger partial charge on any atom is 0.514 e. The molecule has 0 aliphatic carbocycles. The summed E-state index contributed by atoms with van der Waals surface area (Å²) in [7, 11) is 0. The highest BCUT2D eigenvalue weighted by atomic mass is 79.9. The van der Waals surface area contributed by atoms with Crippen LogP contribution in [0, 0.1) is 0 Å². The van der Waals surface area contributed by atoms with E-state index in [4.69, 9.17) is 9.47 Å². The third-order valence-electron chi connectivity index (χ3n) is 3.35. The van der Waals surface area contributed by atoms with Crippen LogP contribution >= 0.6 is 31.9 Å². The van der Waals surface area contributed by atoms with Crippen LogP contribution in [0.1, 0.15) is 41.5 Å². The quantitative estimate of drug-likeness (QED) is 0.223. The topological polar surface area (TPSA) is 52.6 Å². The van der Waals surface area contributed by atoms with E-state index < -0.39 is 16.6 Å². The van der Waals surface area contributed by atoms with Crippen molar-refractivity contribution in [1.29, 1.82) is 0 Å². The third kappa shape index (κ3) is 5.95. The summed E-state index contributed by atoms with van der Waals surface area (Å²) in [5.74, 6) is 0.250. The van der Waals surface area contributed by atoms with Gasteiger partial charge in [0.25, 0.3) is 0 Å². The Morgan fingerprint density at radius 1 is 0.923 bits per heavy atom. The van der Waals surface area contributed by atoms with E-state index in [9.17, 15) is 9.59 Å². The lowest BCUT2D eigenvalue weighted by molar-refractivity contribution is 0.0206. The molecule has 0 heterocycles. The van der Waals surface area contributed by atoms with E-state index in [0.717, 1.165) is 5.56 Å². The van der Waals surface area contributed by atoms with E-state index in [0.29, 0.717) is 11.3 Å². The average Bonchev–Trinajstić information content (AvgIpc) is 2.59. The fraction of sp³-hybridized carbons (Fsp3) is 0.300. The number of carbonyl (C=O) groups is 2. The van der Waals surface area contributed by atoms with Crippen molar-refractivity contribution in [1.82, 2.24) is 0 Å². The Morgan fingerprint density at radius 2 is 1.50 bits per heavy atom. The lowest BCUT2D eigenvalue weighted by Gasteiger charge is -2.19. The normalized spacial score (nSPS) is 13.6. The van der Waals surface area contributed by atoms with Gasteiger partial charge >= 0.3 is 6.16 Å². The Labute approximate surface area is 170 Å². The van der Waals surface area contributed by atoms with Gasteiger partial charge in [0.2, 0.25) is 0 Å². The number of rotatable bonds is 5. The zero-order valence-corrected chi connectivity index (χ0v) is 17.9. The van der Waals surface area contributed by atoms with Gasteiger partial charge in [0.05, 0.1) is 9.65 Å². The van der Waals surface area contributed by atoms with Gasteiger partial charge in [-0.25, -0.2) is 4.79 Å². The highest BCUT2D eigenvalue weighted by Crippen LogP contribution is 2.33. The van der Waals surface area contributed by atoms with Crippen molar-refractivity contribution >= 4 is 43.8 Å². The maximum absolute atomic E-state index is 12.7. The van der Waals surface area contributed by atoms with E-state index in [2.05, 4.69) is 31.9 Å². The summed E-state index contributed by atoms with van der Waals surface area (Å²) in [6.07, 6.45) is -0.778. The standard InChI is InChI=1S/C20H20Br2O4/c1-20(2,3)26-19(24)25-15-11-9-14(10-12-15)18(23)17(22)16(21)13-7-5-4-6-8-13/h4-12,16-17H,1-3H3. The summed E-state index contributed by atoms with van der Waals surface area (Å²) in [4.78, 5) is 23.8. The minimum absolute atomic E-state index is 0.0699. The number of carbonyl (C=O) groups excluding carboxylic acids is 2. The third-order valence-corrected chi connectivity index (χ3v) is 6.07. The first-order chi connectivity index (χ1) is 12.2. The summed E-state index contributed by atoms with van der Waals surface area (Å²) >= 11 is 7.04. The maximum atomic E-state index is 12.7. The zero-order chi connectivity index (χ0) is 19.3. The van der Waals surface area contributed by atoms with Gasteiger partial charge in [-0.2, -0.15) is 0 Å². The molecule has 2 atom stereocenters. The summed E-state index contributed by atoms with van der Waals surface area (Å²) in [5, 5.41) is 0. The first kappa shape index (κ1) is 20.6. The lowest BCUT2D eigenvalue weighted by atomic mass is 10.0. The molecule has 0 radical (unpaired) electrons. The first-order valence-corrected chi connectivity index (χ1v) is 9.89. The van der Waals surface area contributed by atoms with Crippen LogP contribution in [-0.2, 0) is 4.74 Å². The monoisotopic (exact) mass is 482 g/mol. The van der Waals surface area contributed by atoms with Crippen molar-refractivity contribution in [2.24, 2.45) is 0 Å². The molecule has 26 heavy (non-hydrogen) atoms. The van der Waals surface area contributed by atoms with E-state index in [1.165, 1.54) is 0 Å². The van der Waals surface area contributed by atoms with Crippen LogP contribution < -0.4 is 4.74 Å². The Bertz CT molecular complexity index is 752. The van der Waals surface area contributed by atoms with Crippen LogP contribution in [0.2, 0.25) is 0 Å². The van der Waals surface area contributed by atoms with Crippen LogP contribution in [0.4, 0.5) is 4.79 Å². The molecule has 6 heteroatoms. The van der Waals surface area contributed by atoms with Crippen LogP contribution in [0.3, 0.4) is 0 Å². The minimum atomic E-state index is -0.778. The van der Waals surface area contributed by atoms with Gasteiger partial charge in [-0.3, -0.25) is 4.79 Å². The van der Waals surface area contributed by atoms with Gasteiger partial charge in [-0.15, -0.1) is 0 Å². The molecule has 0 aliphatic heterocycles. The molecule has 0 amide bonds. The number of Topliss-reactive ketones (excluding diaryl/α,β-unsaturated/α-hetero) is 1. The fourth-order valence-corrected chi connectivity index (χ4v) is 3.27. The van der Waals surface area contributed by atoms with E-state index in [1.807, 2.05) is 30.3 Å². The van der Waals surface area contributed by atoms with Crippen molar-refractivity contribution in [3.05, 3.63) is 65.7 Å². The molecule has 2 aromatic carbocycles. The SMILES string of the molecule is CC(C)(C)OC(=O)Oc1ccc(C(=O)C(Br)C(Br)c2ccccc2)cc1. The molecule has 0 aromatic heterocycles. The molecule has 0 N–H and O–H groups in total. The summed E-state index contributed by atoms with van der Waals surface area (Å²) in [6, 6.07) is 16.1. The second kappa shape index (κ2) is 8.82. The van der Waals surface area contributed by atoms with Gasteiger partial charge in [0.15, 0.2) is 5.78 Å². The molecule has 2 aromatic rings. The predicted octanol–water partition coefficient (Wildman–Crippen LogP) is 6.08. The Hall–Kier alpha value is -1.66. The van der Waals surface area contributed by atoms with Gasteiger partial charge < -0.3 is 9.47 Å². The Balaban J connectivity index is 2.03. The van der Waals surface area contributed by atoms with Crippen molar-refractivity contribution in [3.63, 3.8) is 0 Å². The van der Waals surface area contributed by atoms with Crippen molar-refractivity contribution in [2.75, 3.05) is 0 Å². The van der Waals surface area contributed by atoms with Gasteiger partial charge in [0, 0.05) is 5.56 Å². The minimum Gasteiger partial charge on any atom is -0.428 e. The summed E-state index contributed by atoms with van der Waals surface area (Å²) in [6.45, 7) is 5.28. The van der Waals surface area contributed by atoms with Crippen LogP contribution in [0.25, 0.3) is 0 Å². The van der Waals surface area contributed by atoms with Crippen molar-refractivity contribution in [3.8, 4) is 5.75 Å². The molecular weight excluding hydrogens is 464 g/mol. The predicted molar refractivity (Wildman–Crippen MR) is 108 cm³/mol. The van der Waals surface area contributed by atoms with Crippen molar-refractivity contribution < 1.29 is 19.1 Å². The molecule has 0 fully saturated rings. The zero-order valence-electron chi connectivity index (χ0n) is 14.7. The highest BCUT2D eigenvalue weighted by Gasteiger charge is 2.26. The molecule has 2 unspecified atom stereocenters. The largest absolute Gasteiger partial charge is 0.514 e. The van der Waals surface area contributed by atoms with Gasteiger partial charge in [-0.1, -0.05) is 62.2 Å². The number of ether oxygens (including phenoxy) is 2. The molecule has 0 saturated heterocycles. The number of ketones is 1. The number of alkyl halides is 2. The number of halogens is 2. The van der Waals surface area contributed by atoms with Gasteiger partial charge in [-0.05, 0) is 50.6 Å². The smallest absolute Gasteiger partial charge is 0.428 e. The number of hydrogen-bond donors (Lipinski definition) is 0. The first-order valence-electron chi connectivity index (χ1n) is 8.05. The molecule has 0 bridgehead atoms. The Kier molecular flexibility index (Phi) is 7.01. The van der Waals surface area contributed by atoms with Gasteiger partial charge in [0.1, 0.15) is 11.4 Å². The van der Waals surface area contributed by atoms with E-state index >= 15 is 0 Å². The fourth-order valence-electron chi connectivity index (χ4n) is 2.15. The van der Waals surface area contributed by atoms with Crippen molar-refractivity contribution in [2.45, 2.75) is 36.0 Å². The number of hydrogen-bond acceptors (Lipinski definition) is 4. The van der Waals surface area contributed by atoms with E-state index in [-0.39, 0.29) is 10.6 Å². The molecule has 4 nitrogen and oxygen atoms in total. The summed E-state index contributed by atoms with van der Waals surface area (Å²) < 4.78 is 10.2. The van der Waals surface area contributed by atoms with Crippen LogP contribution in [-0.4, -0.2) is 22.4 Å². The van der Waals surface area contributed by atoms with E-state index in [1.54, 1.807) is 45.0 Å². The lowest BCUT2D eigenvalue weighted by Crippen LogP contribution is -2.26. The second-order valence-electron chi connectivity index (χ2n) is 6.67. The number of benzene rings is 2. The average molecular weight is 484 g/mol. The molecular formula is C20H20Br2O4. The van der Waals surface area contributed by atoms with Crippen LogP contribution in [0.15, 0.2) is 54.6 Å². The molecule has 2 rings (SSSR count). The molecule has 0 aliphatic rings. The van der Waals surface area contributed by atoms with Crippen LogP contribution in [0.5, 0.6) is 5.75 Å². The second-order valence-corrected chi connectivity index (χ2v) is 8.64. The summed E-state index contributed by atoms with van der Waals surface area (Å²) in [5.41, 5.74) is 0.898.